The van der Waals surface area contributed by atoms with Gasteiger partial charge in [0.25, 0.3) is 0 Å². The Morgan fingerprint density at radius 3 is 2.04 bits per heavy atom. The third-order valence-electron chi connectivity index (χ3n) is 4.28. The van der Waals surface area contributed by atoms with E-state index < -0.39 is 5.97 Å². The van der Waals surface area contributed by atoms with Crippen LogP contribution in [0.25, 0.3) is 0 Å². The van der Waals surface area contributed by atoms with E-state index in [1.165, 1.54) is 44.9 Å². The van der Waals surface area contributed by atoms with Gasteiger partial charge in [-0.25, -0.2) is 4.79 Å². The lowest BCUT2D eigenvalue weighted by Gasteiger charge is -2.27. The first-order valence-electron chi connectivity index (χ1n) is 8.86. The van der Waals surface area contributed by atoms with Crippen LogP contribution in [0, 0.1) is 5.92 Å². The predicted octanol–water partition coefficient (Wildman–Crippen LogP) is 5.50. The molecule has 0 heterocycles. The van der Waals surface area contributed by atoms with Crippen molar-refractivity contribution in [2.75, 3.05) is 0 Å². The number of nitrogens with two attached hydrogens (primary N) is 1. The SMILES string of the molecule is CCCCCCCCC(C)C(C)(C)N.O=C(O)c1ccccc1. The van der Waals surface area contributed by atoms with Crippen molar-refractivity contribution in [3.05, 3.63) is 35.9 Å². The molecule has 0 aliphatic rings. The van der Waals surface area contributed by atoms with Gasteiger partial charge < -0.3 is 10.8 Å². The minimum absolute atomic E-state index is 0.00339. The topological polar surface area (TPSA) is 63.3 Å². The van der Waals surface area contributed by atoms with Crippen LogP contribution in [0.2, 0.25) is 0 Å². The van der Waals surface area contributed by atoms with E-state index in [9.17, 15) is 4.79 Å². The smallest absolute Gasteiger partial charge is 0.335 e. The van der Waals surface area contributed by atoms with Crippen LogP contribution >= 0.6 is 0 Å². The van der Waals surface area contributed by atoms with Gasteiger partial charge in [-0.3, -0.25) is 0 Å². The average molecular weight is 322 g/mol. The molecule has 3 heteroatoms. The first-order valence-corrected chi connectivity index (χ1v) is 8.86. The van der Waals surface area contributed by atoms with Gasteiger partial charge in [-0.1, -0.05) is 70.6 Å². The summed E-state index contributed by atoms with van der Waals surface area (Å²) in [4.78, 5) is 10.2. The molecule has 1 rings (SSSR count). The first kappa shape index (κ1) is 21.6. The maximum absolute atomic E-state index is 10.2. The van der Waals surface area contributed by atoms with E-state index >= 15 is 0 Å². The van der Waals surface area contributed by atoms with Gasteiger partial charge in [0.1, 0.15) is 0 Å². The quantitative estimate of drug-likeness (QED) is 0.591. The van der Waals surface area contributed by atoms with Gasteiger partial charge in [-0.05, 0) is 38.3 Å². The van der Waals surface area contributed by atoms with Crippen LogP contribution in [0.15, 0.2) is 30.3 Å². The molecule has 1 aromatic rings. The zero-order valence-electron chi connectivity index (χ0n) is 15.3. The molecular formula is C20H35NO2. The van der Waals surface area contributed by atoms with Crippen molar-refractivity contribution < 1.29 is 9.90 Å². The maximum Gasteiger partial charge on any atom is 0.335 e. The molecule has 0 aromatic heterocycles. The molecule has 0 spiro atoms. The van der Waals surface area contributed by atoms with Crippen molar-refractivity contribution in [1.82, 2.24) is 0 Å². The number of hydrogen-bond donors (Lipinski definition) is 2. The Labute approximate surface area is 142 Å². The van der Waals surface area contributed by atoms with Gasteiger partial charge in [-0.2, -0.15) is 0 Å². The number of carboxylic acid groups (broad SMARTS) is 1. The maximum atomic E-state index is 10.2. The predicted molar refractivity (Wildman–Crippen MR) is 98.8 cm³/mol. The molecule has 0 bridgehead atoms. The fourth-order valence-electron chi connectivity index (χ4n) is 2.18. The normalized spacial score (nSPS) is 12.2. The fourth-order valence-corrected chi connectivity index (χ4v) is 2.18. The summed E-state index contributed by atoms with van der Waals surface area (Å²) in [6, 6.07) is 8.30. The molecule has 0 saturated carbocycles. The number of carboxylic acids is 1. The zero-order chi connectivity index (χ0) is 17.7. The Morgan fingerprint density at radius 1 is 1.09 bits per heavy atom. The van der Waals surface area contributed by atoms with Crippen molar-refractivity contribution >= 4 is 5.97 Å². The van der Waals surface area contributed by atoms with E-state index in [1.54, 1.807) is 30.3 Å². The molecule has 0 radical (unpaired) electrons. The summed E-state index contributed by atoms with van der Waals surface area (Å²) in [5.74, 6) is -0.232. The van der Waals surface area contributed by atoms with E-state index in [4.69, 9.17) is 10.8 Å². The summed E-state index contributed by atoms with van der Waals surface area (Å²) in [6.45, 7) is 8.80. The molecule has 3 N–H and O–H groups in total. The monoisotopic (exact) mass is 321 g/mol. The Balaban J connectivity index is 0.000000459. The summed E-state index contributed by atoms with van der Waals surface area (Å²) >= 11 is 0. The lowest BCUT2D eigenvalue weighted by atomic mass is 9.86. The van der Waals surface area contributed by atoms with Gasteiger partial charge in [0.2, 0.25) is 0 Å². The number of aromatic carboxylic acids is 1. The Bertz CT molecular complexity index is 409. The molecular weight excluding hydrogens is 286 g/mol. The summed E-state index contributed by atoms with van der Waals surface area (Å²) < 4.78 is 0. The summed E-state index contributed by atoms with van der Waals surface area (Å²) in [5.41, 5.74) is 6.38. The first-order chi connectivity index (χ1) is 10.8. The molecule has 132 valence electrons. The molecule has 0 aliphatic carbocycles. The van der Waals surface area contributed by atoms with Gasteiger partial charge in [0.05, 0.1) is 5.56 Å². The van der Waals surface area contributed by atoms with Crippen LogP contribution in [0.1, 0.15) is 83.0 Å². The fraction of sp³-hybridized carbons (Fsp3) is 0.650. The van der Waals surface area contributed by atoms with E-state index in [0.29, 0.717) is 11.5 Å². The molecule has 3 nitrogen and oxygen atoms in total. The summed E-state index contributed by atoms with van der Waals surface area (Å²) in [7, 11) is 0. The standard InChI is InChI=1S/C13H29N.C7H6O2/c1-5-6-7-8-9-10-11-12(2)13(3,4)14;8-7(9)6-4-2-1-3-5-6/h12H,5-11,14H2,1-4H3;1-5H,(H,8,9). The van der Waals surface area contributed by atoms with Crippen LogP contribution in [0.5, 0.6) is 0 Å². The highest BCUT2D eigenvalue weighted by Crippen LogP contribution is 2.20. The second-order valence-electron chi connectivity index (χ2n) is 6.95. The Kier molecular flexibility index (Phi) is 11.4. The number of carbonyl (C=O) groups is 1. The van der Waals surface area contributed by atoms with Gasteiger partial charge in [-0.15, -0.1) is 0 Å². The lowest BCUT2D eigenvalue weighted by molar-refractivity contribution is 0.0697. The molecule has 1 unspecified atom stereocenters. The Morgan fingerprint density at radius 2 is 1.61 bits per heavy atom. The Hall–Kier alpha value is -1.35. The second-order valence-corrected chi connectivity index (χ2v) is 6.95. The zero-order valence-corrected chi connectivity index (χ0v) is 15.3. The number of hydrogen-bond acceptors (Lipinski definition) is 2. The van der Waals surface area contributed by atoms with Gasteiger partial charge in [0, 0.05) is 5.54 Å². The highest BCUT2D eigenvalue weighted by molar-refractivity contribution is 5.87. The number of rotatable bonds is 9. The van der Waals surface area contributed by atoms with E-state index in [2.05, 4.69) is 27.7 Å². The van der Waals surface area contributed by atoms with Crippen LogP contribution in [0.3, 0.4) is 0 Å². The molecule has 1 aromatic carbocycles. The third-order valence-corrected chi connectivity index (χ3v) is 4.28. The average Bonchev–Trinajstić information content (AvgIpc) is 2.51. The lowest BCUT2D eigenvalue weighted by Crippen LogP contribution is -2.39. The summed E-state index contributed by atoms with van der Waals surface area (Å²) in [6.07, 6.45) is 9.59. The molecule has 0 fully saturated rings. The van der Waals surface area contributed by atoms with Crippen LogP contribution in [-0.2, 0) is 0 Å². The van der Waals surface area contributed by atoms with E-state index in [-0.39, 0.29) is 5.54 Å². The largest absolute Gasteiger partial charge is 0.478 e. The summed E-state index contributed by atoms with van der Waals surface area (Å²) in [5, 5.41) is 8.38. The minimum Gasteiger partial charge on any atom is -0.478 e. The molecule has 0 aliphatic heterocycles. The molecule has 1 atom stereocenters. The van der Waals surface area contributed by atoms with Crippen LogP contribution in [0.4, 0.5) is 0 Å². The van der Waals surface area contributed by atoms with Crippen molar-refractivity contribution in [3.8, 4) is 0 Å². The van der Waals surface area contributed by atoms with Gasteiger partial charge in [0.15, 0.2) is 0 Å². The van der Waals surface area contributed by atoms with Gasteiger partial charge >= 0.3 is 5.97 Å². The second kappa shape index (κ2) is 12.1. The van der Waals surface area contributed by atoms with Crippen molar-refractivity contribution in [2.24, 2.45) is 11.7 Å². The highest BCUT2D eigenvalue weighted by Gasteiger charge is 2.19. The van der Waals surface area contributed by atoms with Crippen molar-refractivity contribution in [3.63, 3.8) is 0 Å². The van der Waals surface area contributed by atoms with E-state index in [1.807, 2.05) is 0 Å². The van der Waals surface area contributed by atoms with Crippen LogP contribution < -0.4 is 5.73 Å². The van der Waals surface area contributed by atoms with E-state index in [0.717, 1.165) is 0 Å². The number of benzene rings is 1. The molecule has 0 saturated heterocycles. The molecule has 23 heavy (non-hydrogen) atoms. The van der Waals surface area contributed by atoms with Crippen LogP contribution in [-0.4, -0.2) is 16.6 Å². The minimum atomic E-state index is -0.879. The third kappa shape index (κ3) is 11.8. The van der Waals surface area contributed by atoms with Crippen molar-refractivity contribution in [2.45, 2.75) is 78.2 Å². The highest BCUT2D eigenvalue weighted by atomic mass is 16.4. The van der Waals surface area contributed by atoms with Crippen molar-refractivity contribution in [1.29, 1.82) is 0 Å². The number of unbranched alkanes of at least 4 members (excludes halogenated alkanes) is 5. The molecule has 0 amide bonds.